The van der Waals surface area contributed by atoms with Crippen LogP contribution in [-0.2, 0) is 14.9 Å². The van der Waals surface area contributed by atoms with Gasteiger partial charge in [-0.15, -0.1) is 0 Å². The summed E-state index contributed by atoms with van der Waals surface area (Å²) >= 11 is 11.7. The average Bonchev–Trinajstić information content (AvgIpc) is 2.61. The van der Waals surface area contributed by atoms with Gasteiger partial charge in [-0.3, -0.25) is 4.55 Å². The Morgan fingerprint density at radius 1 is 1.03 bits per heavy atom. The molecule has 0 spiro atoms. The largest absolute Gasteiger partial charge is 0.448 e. The summed E-state index contributed by atoms with van der Waals surface area (Å²) < 4.78 is 81.4. The number of carbonyl (C=O) groups is 2. The lowest BCUT2D eigenvalue weighted by Crippen LogP contribution is -2.39. The van der Waals surface area contributed by atoms with Gasteiger partial charge in [0.25, 0.3) is 10.1 Å². The van der Waals surface area contributed by atoms with Crippen LogP contribution in [0.5, 0.6) is 5.75 Å². The standard InChI is InChI=1S/C17H9ClF3I3O7S/c18-7-1-2-9(15(25)31-14-11(23)4-8(22)5-12(14)24)10(3-7)16(26)30-13(17(19,20)21)6-32(27,28)29/h1-5,13H,6H2,(H,27,28,29). The van der Waals surface area contributed by atoms with E-state index in [1.54, 1.807) is 12.1 Å². The zero-order valence-corrected chi connectivity index (χ0v) is 23.2. The summed E-state index contributed by atoms with van der Waals surface area (Å²) in [6.45, 7) is 0. The molecular weight excluding hydrogens is 821 g/mol. The molecule has 2 rings (SSSR count). The van der Waals surface area contributed by atoms with Crippen molar-refractivity contribution in [3.8, 4) is 5.75 Å². The molecule has 0 aliphatic heterocycles. The Kier molecular flexibility index (Phi) is 9.45. The zero-order chi connectivity index (χ0) is 24.4. The SMILES string of the molecule is O=C(Oc1c(I)cc(I)cc1I)c1ccc(Cl)cc1C(=O)OC(CS(=O)(=O)O)C(F)(F)F. The van der Waals surface area contributed by atoms with Crippen LogP contribution in [0.15, 0.2) is 30.3 Å². The predicted molar refractivity (Wildman–Crippen MR) is 133 cm³/mol. The Bertz CT molecular complexity index is 1150. The maximum absolute atomic E-state index is 13.1. The van der Waals surface area contributed by atoms with Gasteiger partial charge >= 0.3 is 18.1 Å². The van der Waals surface area contributed by atoms with E-state index in [9.17, 15) is 31.2 Å². The van der Waals surface area contributed by atoms with Crippen molar-refractivity contribution >= 4 is 101 Å². The molecule has 0 fully saturated rings. The maximum atomic E-state index is 13.1. The van der Waals surface area contributed by atoms with Crippen molar-refractivity contribution in [2.24, 2.45) is 0 Å². The molecule has 0 saturated heterocycles. The first-order chi connectivity index (χ1) is 14.6. The molecule has 0 aliphatic carbocycles. The first kappa shape index (κ1) is 27.8. The van der Waals surface area contributed by atoms with Gasteiger partial charge in [0.1, 0.15) is 5.75 Å². The molecule has 2 aromatic carbocycles. The number of hydrogen-bond acceptors (Lipinski definition) is 6. The van der Waals surface area contributed by atoms with Crippen LogP contribution < -0.4 is 4.74 Å². The molecule has 1 atom stereocenters. The second kappa shape index (κ2) is 10.9. The van der Waals surface area contributed by atoms with Crippen LogP contribution in [-0.4, -0.2) is 42.9 Å². The van der Waals surface area contributed by atoms with Gasteiger partial charge in [-0.2, -0.15) is 21.6 Å². The number of benzene rings is 2. The highest BCUT2D eigenvalue weighted by molar-refractivity contribution is 14.1. The van der Waals surface area contributed by atoms with Gasteiger partial charge in [0.05, 0.1) is 18.3 Å². The van der Waals surface area contributed by atoms with E-state index < -0.39 is 51.2 Å². The molecule has 0 radical (unpaired) electrons. The average molecular weight is 830 g/mol. The summed E-state index contributed by atoms with van der Waals surface area (Å²) in [4.78, 5) is 25.1. The second-order valence-electron chi connectivity index (χ2n) is 5.96. The van der Waals surface area contributed by atoms with Crippen LogP contribution in [0, 0.1) is 10.7 Å². The fourth-order valence-corrected chi connectivity index (χ4v) is 6.83. The summed E-state index contributed by atoms with van der Waals surface area (Å²) in [5.74, 6) is -4.51. The third kappa shape index (κ3) is 7.81. The zero-order valence-electron chi connectivity index (χ0n) is 15.1. The Morgan fingerprint density at radius 3 is 2.09 bits per heavy atom. The second-order valence-corrected chi connectivity index (χ2v) is 11.5. The highest BCUT2D eigenvalue weighted by Gasteiger charge is 2.46. The van der Waals surface area contributed by atoms with Crippen molar-refractivity contribution in [3.63, 3.8) is 0 Å². The summed E-state index contributed by atoms with van der Waals surface area (Å²) in [5.41, 5.74) is -1.14. The van der Waals surface area contributed by atoms with Gasteiger partial charge in [-0.05, 0) is 98.1 Å². The molecule has 0 bridgehead atoms. The minimum absolute atomic E-state index is 0.106. The molecule has 0 amide bonds. The molecule has 0 heterocycles. The lowest BCUT2D eigenvalue weighted by molar-refractivity contribution is -0.197. The highest BCUT2D eigenvalue weighted by Crippen LogP contribution is 2.31. The van der Waals surface area contributed by atoms with E-state index in [1.807, 2.05) is 45.2 Å². The van der Waals surface area contributed by atoms with Crippen molar-refractivity contribution in [2.75, 3.05) is 5.75 Å². The van der Waals surface area contributed by atoms with Gasteiger partial charge < -0.3 is 9.47 Å². The van der Waals surface area contributed by atoms with Crippen LogP contribution in [0.25, 0.3) is 0 Å². The summed E-state index contributed by atoms with van der Waals surface area (Å²) in [5, 5.41) is -0.106. The smallest absolute Gasteiger partial charge is 0.426 e. The van der Waals surface area contributed by atoms with E-state index >= 15 is 0 Å². The van der Waals surface area contributed by atoms with Crippen LogP contribution in [0.1, 0.15) is 20.7 Å². The minimum Gasteiger partial charge on any atom is -0.448 e. The molecule has 174 valence electrons. The van der Waals surface area contributed by atoms with Crippen molar-refractivity contribution in [2.45, 2.75) is 12.3 Å². The molecule has 7 nitrogen and oxygen atoms in total. The fourth-order valence-electron chi connectivity index (χ4n) is 2.22. The Balaban J connectivity index is 2.41. The van der Waals surface area contributed by atoms with Crippen molar-refractivity contribution in [1.29, 1.82) is 0 Å². The van der Waals surface area contributed by atoms with Crippen LogP contribution >= 0.6 is 79.4 Å². The van der Waals surface area contributed by atoms with Crippen LogP contribution in [0.3, 0.4) is 0 Å². The van der Waals surface area contributed by atoms with Crippen molar-refractivity contribution < 1.29 is 45.2 Å². The van der Waals surface area contributed by atoms with Gasteiger partial charge in [0.2, 0.25) is 6.10 Å². The van der Waals surface area contributed by atoms with E-state index in [0.717, 1.165) is 15.7 Å². The predicted octanol–water partition coefficient (Wildman–Crippen LogP) is 5.35. The van der Waals surface area contributed by atoms with E-state index in [1.165, 1.54) is 6.07 Å². The molecule has 2 aromatic rings. The van der Waals surface area contributed by atoms with E-state index in [0.29, 0.717) is 7.14 Å². The lowest BCUT2D eigenvalue weighted by atomic mass is 10.1. The van der Waals surface area contributed by atoms with E-state index in [4.69, 9.17) is 20.9 Å². The number of hydrogen-bond donors (Lipinski definition) is 1. The number of esters is 2. The number of alkyl halides is 3. The van der Waals surface area contributed by atoms with Gasteiger partial charge in [-0.1, -0.05) is 11.6 Å². The molecule has 1 N–H and O–H groups in total. The Hall–Kier alpha value is -0.440. The monoisotopic (exact) mass is 830 g/mol. The Morgan fingerprint density at radius 2 is 1.59 bits per heavy atom. The van der Waals surface area contributed by atoms with Gasteiger partial charge in [-0.25, -0.2) is 9.59 Å². The summed E-state index contributed by atoms with van der Waals surface area (Å²) in [6.07, 6.45) is -8.48. The van der Waals surface area contributed by atoms with Crippen LogP contribution in [0.4, 0.5) is 13.2 Å². The van der Waals surface area contributed by atoms with E-state index in [2.05, 4.69) is 27.3 Å². The molecular formula is C17H9ClF3I3O7S. The van der Waals surface area contributed by atoms with Crippen LogP contribution in [0.2, 0.25) is 5.02 Å². The maximum Gasteiger partial charge on any atom is 0.426 e. The third-order valence-electron chi connectivity index (χ3n) is 3.56. The number of carbonyl (C=O) groups excluding carboxylic acids is 2. The third-order valence-corrected chi connectivity index (χ3v) is 6.74. The van der Waals surface area contributed by atoms with Crippen molar-refractivity contribution in [3.05, 3.63) is 57.2 Å². The number of halogens is 7. The summed E-state index contributed by atoms with van der Waals surface area (Å²) in [7, 11) is -5.14. The highest BCUT2D eigenvalue weighted by atomic mass is 127. The van der Waals surface area contributed by atoms with Crippen molar-refractivity contribution in [1.82, 2.24) is 0 Å². The lowest BCUT2D eigenvalue weighted by Gasteiger charge is -2.20. The molecule has 0 aromatic heterocycles. The number of ether oxygens (including phenoxy) is 2. The fraction of sp³-hybridized carbons (Fsp3) is 0.176. The summed E-state index contributed by atoms with van der Waals surface area (Å²) in [6, 6.07) is 6.57. The Labute approximate surface area is 225 Å². The topological polar surface area (TPSA) is 107 Å². The molecule has 1 unspecified atom stereocenters. The van der Waals surface area contributed by atoms with E-state index in [-0.39, 0.29) is 10.8 Å². The number of rotatable bonds is 6. The first-order valence-electron chi connectivity index (χ1n) is 7.97. The first-order valence-corrected chi connectivity index (χ1v) is 13.2. The molecule has 0 saturated carbocycles. The van der Waals surface area contributed by atoms with Gasteiger partial charge in [0, 0.05) is 8.59 Å². The molecule has 32 heavy (non-hydrogen) atoms. The molecule has 15 heteroatoms. The van der Waals surface area contributed by atoms with Gasteiger partial charge in [0.15, 0.2) is 5.75 Å². The quantitative estimate of drug-likeness (QED) is 0.181. The normalized spacial score (nSPS) is 12.9. The molecule has 0 aliphatic rings. The minimum atomic E-state index is -5.31.